The molecule has 0 atom stereocenters. The molecule has 14 nitrogen and oxygen atoms in total. The largest absolute Gasteiger partial charge is 0.415 e. The molecule has 0 bridgehead atoms. The van der Waals surface area contributed by atoms with Gasteiger partial charge in [0.2, 0.25) is 0 Å². The standard InChI is InChI=1S/C21H23F2N3O4S.C20H20F2N4O3S/c1-14-3-5-16(6-4-14)31(29,30)13-21(7-2-8-21)9-18-24-10-15(11-25-18)17(27)12-26-20(28)19(22)23;1-13-3-5-15(6-4-13)30(27,28)12-20(7-2-8-20)9-16-23-10-14(11-24-16)18-25-26-19(29-18)17(21)22/h3-6,10-11,19H,2,7-9,12-13H2,1H3,(H,26,28);3-6,10-11,17H,2,7-9,12H2,1H3. The maximum absolute atomic E-state index is 12.9. The Bertz CT molecular complexity index is 2530. The van der Waals surface area contributed by atoms with Gasteiger partial charge in [-0.15, -0.1) is 10.2 Å². The fourth-order valence-corrected chi connectivity index (χ4v) is 11.0. The van der Waals surface area contributed by atoms with Crippen LogP contribution in [0.5, 0.6) is 0 Å². The summed E-state index contributed by atoms with van der Waals surface area (Å²) in [6, 6.07) is 13.6. The summed E-state index contributed by atoms with van der Waals surface area (Å²) in [5.74, 6) is -2.03. The van der Waals surface area contributed by atoms with Gasteiger partial charge in [0.15, 0.2) is 25.5 Å². The maximum Gasteiger partial charge on any atom is 0.315 e. The van der Waals surface area contributed by atoms with Crippen molar-refractivity contribution < 1.29 is 48.4 Å². The summed E-state index contributed by atoms with van der Waals surface area (Å²) in [5, 5.41) is 8.69. The Morgan fingerprint density at radius 3 is 1.51 bits per heavy atom. The van der Waals surface area contributed by atoms with Crippen LogP contribution in [0.2, 0.25) is 0 Å². The molecule has 2 aliphatic carbocycles. The van der Waals surface area contributed by atoms with Crippen LogP contribution in [0.1, 0.15) is 84.0 Å². The van der Waals surface area contributed by atoms with Gasteiger partial charge in [0.25, 0.3) is 17.7 Å². The molecular formula is C41H43F4N7O7S2. The van der Waals surface area contributed by atoms with Crippen molar-refractivity contribution in [2.24, 2.45) is 10.8 Å². The van der Waals surface area contributed by atoms with E-state index >= 15 is 0 Å². The number of carbonyl (C=O) groups excluding carboxylic acids is 2. The molecule has 61 heavy (non-hydrogen) atoms. The number of aromatic nitrogens is 6. The Morgan fingerprint density at radius 1 is 0.689 bits per heavy atom. The number of aryl methyl sites for hydroxylation is 2. The second kappa shape index (κ2) is 18.6. The summed E-state index contributed by atoms with van der Waals surface area (Å²) in [6.45, 7) is 3.22. The fourth-order valence-electron chi connectivity index (χ4n) is 7.17. The van der Waals surface area contributed by atoms with Gasteiger partial charge in [0.1, 0.15) is 11.6 Å². The number of ketones is 1. The van der Waals surface area contributed by atoms with Gasteiger partial charge in [0.05, 0.1) is 39.0 Å². The molecule has 324 valence electrons. The molecule has 2 fully saturated rings. The first kappa shape index (κ1) is 45.0. The second-order valence-corrected chi connectivity index (χ2v) is 19.6. The van der Waals surface area contributed by atoms with Crippen molar-refractivity contribution in [3.05, 3.63) is 108 Å². The monoisotopic (exact) mass is 885 g/mol. The quantitative estimate of drug-likeness (QED) is 0.0832. The predicted molar refractivity (Wildman–Crippen MR) is 212 cm³/mol. The molecule has 5 aromatic rings. The first-order valence-corrected chi connectivity index (χ1v) is 22.6. The zero-order valence-corrected chi connectivity index (χ0v) is 34.9. The number of nitrogens with zero attached hydrogens (tertiary/aromatic N) is 6. The number of nitrogens with one attached hydrogen (secondary N) is 1. The third-order valence-corrected chi connectivity index (χ3v) is 14.8. The first-order chi connectivity index (χ1) is 28.9. The van der Waals surface area contributed by atoms with E-state index in [1.165, 1.54) is 24.8 Å². The molecular weight excluding hydrogens is 843 g/mol. The highest BCUT2D eigenvalue weighted by Crippen LogP contribution is 2.46. The molecule has 0 radical (unpaired) electrons. The molecule has 2 aromatic carbocycles. The normalized spacial score (nSPS) is 15.6. The van der Waals surface area contributed by atoms with Crippen LogP contribution >= 0.6 is 0 Å². The molecule has 0 spiro atoms. The van der Waals surface area contributed by atoms with Crippen molar-refractivity contribution in [1.82, 2.24) is 35.5 Å². The Labute approximate surface area is 349 Å². The van der Waals surface area contributed by atoms with Crippen LogP contribution < -0.4 is 5.32 Å². The lowest BCUT2D eigenvalue weighted by Crippen LogP contribution is -2.39. The van der Waals surface area contributed by atoms with E-state index in [1.807, 2.05) is 19.2 Å². The van der Waals surface area contributed by atoms with E-state index in [0.29, 0.717) is 34.9 Å². The number of hydrogen-bond acceptors (Lipinski definition) is 13. The topological polar surface area (TPSA) is 205 Å². The van der Waals surface area contributed by atoms with Gasteiger partial charge in [-0.05, 0) is 74.6 Å². The summed E-state index contributed by atoms with van der Waals surface area (Å²) in [5.41, 5.74) is 1.53. The van der Waals surface area contributed by atoms with E-state index < -0.39 is 67.5 Å². The Hall–Kier alpha value is -5.50. The zero-order chi connectivity index (χ0) is 44.0. The van der Waals surface area contributed by atoms with Crippen molar-refractivity contribution in [1.29, 1.82) is 0 Å². The number of hydrogen-bond donors (Lipinski definition) is 1. The van der Waals surface area contributed by atoms with Crippen LogP contribution in [0, 0.1) is 24.7 Å². The summed E-state index contributed by atoms with van der Waals surface area (Å²) >= 11 is 0. The maximum atomic E-state index is 12.9. The molecule has 0 saturated heterocycles. The molecule has 20 heteroatoms. The average molecular weight is 886 g/mol. The lowest BCUT2D eigenvalue weighted by atomic mass is 9.68. The second-order valence-electron chi connectivity index (χ2n) is 15.7. The number of alkyl halides is 4. The molecule has 3 aromatic heterocycles. The van der Waals surface area contributed by atoms with Crippen molar-refractivity contribution >= 4 is 31.4 Å². The van der Waals surface area contributed by atoms with Gasteiger partial charge >= 0.3 is 12.9 Å². The molecule has 1 N–H and O–H groups in total. The Morgan fingerprint density at radius 2 is 1.13 bits per heavy atom. The first-order valence-electron chi connectivity index (χ1n) is 19.3. The molecule has 3 heterocycles. The molecule has 0 unspecified atom stereocenters. The van der Waals surface area contributed by atoms with Gasteiger partial charge < -0.3 is 9.73 Å². The Balaban J connectivity index is 0.000000204. The van der Waals surface area contributed by atoms with Crippen molar-refractivity contribution in [2.75, 3.05) is 18.1 Å². The van der Waals surface area contributed by atoms with Crippen LogP contribution in [0.25, 0.3) is 11.5 Å². The minimum absolute atomic E-state index is 0.00718. The number of sulfone groups is 2. The van der Waals surface area contributed by atoms with Crippen LogP contribution in [0.15, 0.2) is 87.5 Å². The van der Waals surface area contributed by atoms with E-state index in [0.717, 1.165) is 49.7 Å². The smallest absolute Gasteiger partial charge is 0.315 e. The van der Waals surface area contributed by atoms with Crippen molar-refractivity contribution in [3.63, 3.8) is 0 Å². The number of carbonyl (C=O) groups is 2. The number of rotatable bonds is 16. The number of Topliss-reactive ketones (excluding diaryl/α,β-unsaturated/α-hetero) is 1. The van der Waals surface area contributed by atoms with Crippen molar-refractivity contribution in [2.45, 2.75) is 87.9 Å². The third-order valence-electron chi connectivity index (χ3n) is 10.9. The van der Waals surface area contributed by atoms with E-state index in [9.17, 15) is 44.0 Å². The Kier molecular flexibility index (Phi) is 13.8. The van der Waals surface area contributed by atoms with Gasteiger partial charge in [-0.2, -0.15) is 17.6 Å². The van der Waals surface area contributed by atoms with Crippen LogP contribution in [0.4, 0.5) is 17.6 Å². The molecule has 2 saturated carbocycles. The number of benzene rings is 2. The lowest BCUT2D eigenvalue weighted by Gasteiger charge is -2.41. The SMILES string of the molecule is Cc1ccc(S(=O)(=O)CC2(Cc3ncc(-c4nnc(C(F)F)o4)cn3)CCC2)cc1.Cc1ccc(S(=O)(=O)CC2(Cc3ncc(C(=O)CNC(=O)C(F)F)cn3)CCC2)cc1. The van der Waals surface area contributed by atoms with Gasteiger partial charge in [-0.3, -0.25) is 9.59 Å². The summed E-state index contributed by atoms with van der Waals surface area (Å²) in [4.78, 5) is 40.3. The lowest BCUT2D eigenvalue weighted by molar-refractivity contribution is -0.131. The minimum atomic E-state index is -3.47. The van der Waals surface area contributed by atoms with E-state index in [1.54, 1.807) is 48.5 Å². The minimum Gasteiger partial charge on any atom is -0.415 e. The highest BCUT2D eigenvalue weighted by atomic mass is 32.2. The highest BCUT2D eigenvalue weighted by Gasteiger charge is 2.43. The molecule has 1 amide bonds. The van der Waals surface area contributed by atoms with Gasteiger partial charge in [-0.1, -0.05) is 48.2 Å². The van der Waals surface area contributed by atoms with E-state index in [-0.39, 0.29) is 27.9 Å². The zero-order valence-electron chi connectivity index (χ0n) is 33.2. The van der Waals surface area contributed by atoms with Crippen LogP contribution in [0.3, 0.4) is 0 Å². The highest BCUT2D eigenvalue weighted by molar-refractivity contribution is 7.91. The van der Waals surface area contributed by atoms with Gasteiger partial charge in [0, 0.05) is 37.6 Å². The van der Waals surface area contributed by atoms with E-state index in [4.69, 9.17) is 4.42 Å². The number of halogens is 4. The number of amides is 1. The van der Waals surface area contributed by atoms with Crippen LogP contribution in [-0.4, -0.2) is 83.1 Å². The summed E-state index contributed by atoms with van der Waals surface area (Å²) < 4.78 is 106. The summed E-state index contributed by atoms with van der Waals surface area (Å²) in [6.07, 6.45) is 5.03. The summed E-state index contributed by atoms with van der Waals surface area (Å²) in [7, 11) is -6.90. The fraction of sp³-hybridized carbons (Fsp3) is 0.415. The molecule has 2 aliphatic rings. The third kappa shape index (κ3) is 11.5. The molecule has 0 aliphatic heterocycles. The van der Waals surface area contributed by atoms with Crippen molar-refractivity contribution in [3.8, 4) is 11.5 Å². The van der Waals surface area contributed by atoms with Crippen LogP contribution in [-0.2, 0) is 37.3 Å². The van der Waals surface area contributed by atoms with Gasteiger partial charge in [-0.25, -0.2) is 36.8 Å². The predicted octanol–water partition coefficient (Wildman–Crippen LogP) is 6.50. The van der Waals surface area contributed by atoms with E-state index in [2.05, 4.69) is 30.1 Å². The molecule has 7 rings (SSSR count). The average Bonchev–Trinajstić information content (AvgIpc) is 3.70.